The van der Waals surface area contributed by atoms with Crippen LogP contribution < -0.4 is 0 Å². The van der Waals surface area contributed by atoms with Crippen LogP contribution in [0.2, 0.25) is 0 Å². The van der Waals surface area contributed by atoms with Gasteiger partial charge in [-0.2, -0.15) is 0 Å². The molecule has 0 spiro atoms. The predicted molar refractivity (Wildman–Crippen MR) is 178 cm³/mol. The minimum absolute atomic E-state index is 0.349. The molecule has 224 valence electrons. The van der Waals surface area contributed by atoms with E-state index in [9.17, 15) is 14.7 Å². The van der Waals surface area contributed by atoms with Crippen LogP contribution in [0.25, 0.3) is 12.2 Å². The maximum Gasteiger partial charge on any atom is 0.332 e. The van der Waals surface area contributed by atoms with Gasteiger partial charge in [0.15, 0.2) is 0 Å². The zero-order chi connectivity index (χ0) is 31.6. The van der Waals surface area contributed by atoms with Gasteiger partial charge in [0.25, 0.3) is 0 Å². The van der Waals surface area contributed by atoms with Crippen LogP contribution in [0.1, 0.15) is 78.4 Å². The molecule has 0 aromatic heterocycles. The van der Waals surface area contributed by atoms with Gasteiger partial charge in [-0.15, -0.1) is 6.58 Å². The molecule has 0 aliphatic carbocycles. The van der Waals surface area contributed by atoms with Gasteiger partial charge in [-0.25, -0.2) is 9.59 Å². The molecule has 2 aromatic rings. The molecule has 4 heteroatoms. The maximum absolute atomic E-state index is 11.9. The highest BCUT2D eigenvalue weighted by atomic mass is 16.6. The van der Waals surface area contributed by atoms with Crippen LogP contribution in [-0.2, 0) is 14.3 Å². The summed E-state index contributed by atoms with van der Waals surface area (Å²) in [5, 5.41) is 9.58. The number of esters is 1. The van der Waals surface area contributed by atoms with E-state index < -0.39 is 17.0 Å². The van der Waals surface area contributed by atoms with E-state index in [1.165, 1.54) is 17.2 Å². The molecule has 0 fully saturated rings. The summed E-state index contributed by atoms with van der Waals surface area (Å²) in [5.41, 5.74) is 3.56. The summed E-state index contributed by atoms with van der Waals surface area (Å²) >= 11 is 0. The Labute approximate surface area is 253 Å². The molecule has 1 N–H and O–H groups in total. The van der Waals surface area contributed by atoms with E-state index in [2.05, 4.69) is 39.2 Å². The van der Waals surface area contributed by atoms with E-state index in [1.54, 1.807) is 24.3 Å². The van der Waals surface area contributed by atoms with Gasteiger partial charge in [0, 0.05) is 17.1 Å². The van der Waals surface area contributed by atoms with Crippen LogP contribution in [0.15, 0.2) is 121 Å². The Kier molecular flexibility index (Phi) is 15.6. The number of rotatable bonds is 14. The highest BCUT2D eigenvalue weighted by Crippen LogP contribution is 2.35. The molecule has 0 amide bonds. The fraction of sp³-hybridized carbons (Fsp3) is 0.316. The third kappa shape index (κ3) is 13.9. The number of aliphatic carboxylic acids is 1. The second-order valence-electron chi connectivity index (χ2n) is 11.2. The molecule has 4 nitrogen and oxygen atoms in total. The van der Waals surface area contributed by atoms with Crippen molar-refractivity contribution in [3.63, 3.8) is 0 Å². The van der Waals surface area contributed by atoms with Crippen molar-refractivity contribution in [3.05, 3.63) is 132 Å². The first kappa shape index (κ1) is 35.8. The second-order valence-corrected chi connectivity index (χ2v) is 11.2. The van der Waals surface area contributed by atoms with Crippen LogP contribution in [0.5, 0.6) is 0 Å². The molecule has 42 heavy (non-hydrogen) atoms. The summed E-state index contributed by atoms with van der Waals surface area (Å²) < 4.78 is 5.52. The fourth-order valence-electron chi connectivity index (χ4n) is 4.03. The SMILES string of the molecule is C=CC(C)(CCC=C(C)C)C(=Cc1ccccc1)C(=O)O.C=CC(C)(CCC=C(C)C)OC(=O)/C=C/c1ccccc1. The molecular weight excluding hydrogens is 520 g/mol. The van der Waals surface area contributed by atoms with Crippen LogP contribution >= 0.6 is 0 Å². The van der Waals surface area contributed by atoms with E-state index in [4.69, 9.17) is 4.74 Å². The first-order chi connectivity index (χ1) is 19.8. The van der Waals surface area contributed by atoms with Crippen molar-refractivity contribution < 1.29 is 19.4 Å². The second kappa shape index (κ2) is 18.3. The zero-order valence-electron chi connectivity index (χ0n) is 26.2. The number of carbonyl (C=O) groups is 2. The molecule has 0 aliphatic heterocycles. The summed E-state index contributed by atoms with van der Waals surface area (Å²) in [6.45, 7) is 19.6. The smallest absolute Gasteiger partial charge is 0.332 e. The Bertz CT molecular complexity index is 1270. The summed E-state index contributed by atoms with van der Waals surface area (Å²) in [6, 6.07) is 19.2. The number of carboxylic acids is 1. The summed E-state index contributed by atoms with van der Waals surface area (Å²) in [6.07, 6.45) is 15.8. The molecule has 2 aromatic carbocycles. The Hall–Kier alpha value is -4.18. The highest BCUT2D eigenvalue weighted by molar-refractivity contribution is 5.94. The number of hydrogen-bond acceptors (Lipinski definition) is 3. The van der Waals surface area contributed by atoms with E-state index in [1.807, 2.05) is 88.4 Å². The molecule has 2 rings (SSSR count). The average Bonchev–Trinajstić information content (AvgIpc) is 2.95. The fourth-order valence-corrected chi connectivity index (χ4v) is 4.03. The Morgan fingerprint density at radius 1 is 0.786 bits per heavy atom. The quantitative estimate of drug-likeness (QED) is 0.140. The number of ether oxygens (including phenoxy) is 1. The lowest BCUT2D eigenvalue weighted by Gasteiger charge is -2.26. The number of allylic oxidation sites excluding steroid dienone is 5. The Morgan fingerprint density at radius 3 is 1.74 bits per heavy atom. The van der Waals surface area contributed by atoms with Gasteiger partial charge < -0.3 is 9.84 Å². The van der Waals surface area contributed by atoms with Gasteiger partial charge in [0.2, 0.25) is 0 Å². The van der Waals surface area contributed by atoms with Gasteiger partial charge in [-0.1, -0.05) is 104 Å². The number of hydrogen-bond donors (Lipinski definition) is 1. The van der Waals surface area contributed by atoms with Crippen LogP contribution in [0, 0.1) is 5.41 Å². The largest absolute Gasteiger partial charge is 0.478 e. The van der Waals surface area contributed by atoms with Gasteiger partial charge in [-0.3, -0.25) is 0 Å². The van der Waals surface area contributed by atoms with Crippen LogP contribution in [0.3, 0.4) is 0 Å². The summed E-state index contributed by atoms with van der Waals surface area (Å²) in [5.74, 6) is -1.24. The molecule has 0 saturated heterocycles. The highest BCUT2D eigenvalue weighted by Gasteiger charge is 2.29. The van der Waals surface area contributed by atoms with Crippen molar-refractivity contribution >= 4 is 24.1 Å². The van der Waals surface area contributed by atoms with Gasteiger partial charge in [0.05, 0.1) is 0 Å². The molecule has 0 heterocycles. The normalized spacial score (nSPS) is 13.8. The van der Waals surface area contributed by atoms with Gasteiger partial charge in [0.1, 0.15) is 5.60 Å². The monoisotopic (exact) mass is 568 g/mol. The molecule has 0 radical (unpaired) electrons. The molecule has 0 bridgehead atoms. The van der Waals surface area contributed by atoms with Crippen molar-refractivity contribution in [2.75, 3.05) is 0 Å². The first-order valence-corrected chi connectivity index (χ1v) is 14.3. The van der Waals surface area contributed by atoms with Crippen molar-refractivity contribution in [2.24, 2.45) is 5.41 Å². The Balaban J connectivity index is 0.000000420. The summed E-state index contributed by atoms with van der Waals surface area (Å²) in [4.78, 5) is 23.6. The van der Waals surface area contributed by atoms with Crippen molar-refractivity contribution in [2.45, 2.75) is 72.8 Å². The standard InChI is InChI=1S/2C19H24O2/c1-5-19(4,15-9-10-16(2)3)21-18(20)14-13-17-11-7-6-8-12-17;1-5-19(4,13-9-10-15(2)3)17(18(20)21)14-16-11-7-6-8-12-16/h5-8,10-14H,1,9,15H2,2-4H3;5-8,10-12,14H,1,9,13H2,2-4H3,(H,20,21)/b14-13+;. The zero-order valence-corrected chi connectivity index (χ0v) is 26.2. The molecule has 2 unspecified atom stereocenters. The van der Waals surface area contributed by atoms with Crippen molar-refractivity contribution in [3.8, 4) is 0 Å². The lowest BCUT2D eigenvalue weighted by Crippen LogP contribution is -2.28. The lowest BCUT2D eigenvalue weighted by atomic mass is 9.77. The van der Waals surface area contributed by atoms with E-state index >= 15 is 0 Å². The van der Waals surface area contributed by atoms with Gasteiger partial charge >= 0.3 is 11.9 Å². The third-order valence-electron chi connectivity index (χ3n) is 6.79. The van der Waals surface area contributed by atoms with Crippen LogP contribution in [-0.4, -0.2) is 22.6 Å². The number of benzene rings is 2. The number of carbonyl (C=O) groups excluding carboxylic acids is 1. The van der Waals surface area contributed by atoms with Gasteiger partial charge in [-0.05, 0) is 89.7 Å². The first-order valence-electron chi connectivity index (χ1n) is 14.3. The van der Waals surface area contributed by atoms with Crippen LogP contribution in [0.4, 0.5) is 0 Å². The van der Waals surface area contributed by atoms with Crippen molar-refractivity contribution in [1.29, 1.82) is 0 Å². The minimum atomic E-state index is -0.890. The third-order valence-corrected chi connectivity index (χ3v) is 6.79. The molecule has 2 atom stereocenters. The summed E-state index contributed by atoms with van der Waals surface area (Å²) in [7, 11) is 0. The van der Waals surface area contributed by atoms with E-state index in [0.29, 0.717) is 5.57 Å². The van der Waals surface area contributed by atoms with Crippen molar-refractivity contribution in [1.82, 2.24) is 0 Å². The molecular formula is C38H48O4. The van der Waals surface area contributed by atoms with E-state index in [0.717, 1.165) is 36.8 Å². The molecule has 0 saturated carbocycles. The van der Waals surface area contributed by atoms with E-state index in [-0.39, 0.29) is 5.97 Å². The maximum atomic E-state index is 11.9. The topological polar surface area (TPSA) is 63.6 Å². The predicted octanol–water partition coefficient (Wildman–Crippen LogP) is 10.0. The minimum Gasteiger partial charge on any atom is -0.478 e. The average molecular weight is 569 g/mol. The lowest BCUT2D eigenvalue weighted by molar-refractivity contribution is -0.147. The Morgan fingerprint density at radius 2 is 1.29 bits per heavy atom. The molecule has 0 aliphatic rings. The number of carboxylic acid groups (broad SMARTS) is 1.